The van der Waals surface area contributed by atoms with Gasteiger partial charge in [0.1, 0.15) is 11.0 Å². The molecule has 0 saturated carbocycles. The number of carbonyl (C=O) groups excluding carboxylic acids is 2. The van der Waals surface area contributed by atoms with E-state index in [1.54, 1.807) is 4.90 Å². The number of hydrogen-bond acceptors (Lipinski definition) is 5. The van der Waals surface area contributed by atoms with Gasteiger partial charge in [-0.3, -0.25) is 19.5 Å². The lowest BCUT2D eigenvalue weighted by Crippen LogP contribution is -2.33. The molecule has 2 amide bonds. The summed E-state index contributed by atoms with van der Waals surface area (Å²) in [5, 5.41) is 3.16. The van der Waals surface area contributed by atoms with Gasteiger partial charge >= 0.3 is 0 Å². The molecule has 1 fully saturated rings. The summed E-state index contributed by atoms with van der Waals surface area (Å²) in [4.78, 5) is 30.9. The Hall–Kier alpha value is -2.02. The molecule has 1 N–H and O–H groups in total. The molecule has 0 radical (unpaired) electrons. The number of hydrogen-bond donors (Lipinski definition) is 1. The number of anilines is 1. The van der Waals surface area contributed by atoms with E-state index in [4.69, 9.17) is 4.74 Å². The zero-order valence-corrected chi connectivity index (χ0v) is 16.5. The van der Waals surface area contributed by atoms with Crippen LogP contribution in [0.5, 0.6) is 5.75 Å². The van der Waals surface area contributed by atoms with Crippen LogP contribution in [0, 0.1) is 0 Å². The van der Waals surface area contributed by atoms with E-state index >= 15 is 0 Å². The molecule has 1 unspecified atom stereocenters. The smallest absolute Gasteiger partial charge is 0.242 e. The standard InChI is InChI=1S/C19H27N3O3S/c1-4-7-12-25-15-11-9-8-10-14(15)21-17(23)13-16-18(24)22(6-3)19(26-16)20-5-2/h8-11,16H,4-7,12-13H2,1-3H3,(H,21,23). The lowest BCUT2D eigenvalue weighted by molar-refractivity contribution is -0.128. The number of aliphatic imine (C=N–C) groups is 1. The summed E-state index contributed by atoms with van der Waals surface area (Å²) >= 11 is 1.37. The van der Waals surface area contributed by atoms with E-state index in [-0.39, 0.29) is 18.2 Å². The van der Waals surface area contributed by atoms with Gasteiger partial charge in [0, 0.05) is 19.5 Å². The second-order valence-electron chi connectivity index (χ2n) is 5.90. The zero-order valence-electron chi connectivity index (χ0n) is 15.7. The fraction of sp³-hybridized carbons (Fsp3) is 0.526. The first-order valence-corrected chi connectivity index (χ1v) is 10.0. The maximum atomic E-state index is 12.5. The second-order valence-corrected chi connectivity index (χ2v) is 7.07. The number of amides is 2. The van der Waals surface area contributed by atoms with Crippen molar-refractivity contribution in [1.82, 2.24) is 4.90 Å². The number of para-hydroxylation sites is 2. The molecule has 7 heteroatoms. The Balaban J connectivity index is 1.99. The number of carbonyl (C=O) groups is 2. The van der Waals surface area contributed by atoms with E-state index in [1.807, 2.05) is 38.1 Å². The third-order valence-electron chi connectivity index (χ3n) is 3.92. The van der Waals surface area contributed by atoms with Crippen LogP contribution < -0.4 is 10.1 Å². The molecule has 0 aromatic heterocycles. The fourth-order valence-corrected chi connectivity index (χ4v) is 3.85. The molecule has 2 rings (SSSR count). The number of rotatable bonds is 9. The van der Waals surface area contributed by atoms with Crippen LogP contribution in [-0.4, -0.2) is 46.8 Å². The number of benzene rings is 1. The number of amidine groups is 1. The Morgan fingerprint density at radius 2 is 2.08 bits per heavy atom. The molecular formula is C19H27N3O3S. The summed E-state index contributed by atoms with van der Waals surface area (Å²) in [6, 6.07) is 7.37. The molecule has 0 aliphatic carbocycles. The molecule has 1 saturated heterocycles. The normalized spacial score (nSPS) is 18.4. The molecule has 1 heterocycles. The van der Waals surface area contributed by atoms with Crippen LogP contribution in [0.15, 0.2) is 29.3 Å². The van der Waals surface area contributed by atoms with Gasteiger partial charge in [-0.2, -0.15) is 0 Å². The largest absolute Gasteiger partial charge is 0.491 e. The average molecular weight is 378 g/mol. The van der Waals surface area contributed by atoms with Crippen molar-refractivity contribution in [2.45, 2.75) is 45.3 Å². The van der Waals surface area contributed by atoms with Crippen molar-refractivity contribution in [2.75, 3.05) is 25.0 Å². The van der Waals surface area contributed by atoms with Crippen LogP contribution in [0.1, 0.15) is 40.0 Å². The van der Waals surface area contributed by atoms with Gasteiger partial charge in [0.25, 0.3) is 0 Å². The Bertz CT molecular complexity index is 663. The van der Waals surface area contributed by atoms with E-state index < -0.39 is 5.25 Å². The maximum absolute atomic E-state index is 12.5. The van der Waals surface area contributed by atoms with Crippen molar-refractivity contribution >= 4 is 34.4 Å². The van der Waals surface area contributed by atoms with Gasteiger partial charge in [-0.1, -0.05) is 37.2 Å². The SMILES string of the molecule is CCCCOc1ccccc1NC(=O)CC1SC(=NCC)N(CC)C1=O. The van der Waals surface area contributed by atoms with Gasteiger partial charge in [0.2, 0.25) is 11.8 Å². The lowest BCUT2D eigenvalue weighted by atomic mass is 10.2. The van der Waals surface area contributed by atoms with Crippen molar-refractivity contribution in [2.24, 2.45) is 4.99 Å². The van der Waals surface area contributed by atoms with E-state index in [9.17, 15) is 9.59 Å². The Morgan fingerprint density at radius 1 is 1.31 bits per heavy atom. The summed E-state index contributed by atoms with van der Waals surface area (Å²) in [5.74, 6) is 0.409. The molecule has 1 aromatic carbocycles. The molecule has 1 aromatic rings. The highest BCUT2D eigenvalue weighted by atomic mass is 32.2. The van der Waals surface area contributed by atoms with Crippen LogP contribution in [0.3, 0.4) is 0 Å². The van der Waals surface area contributed by atoms with Gasteiger partial charge in [-0.15, -0.1) is 0 Å². The molecular weight excluding hydrogens is 350 g/mol. The van der Waals surface area contributed by atoms with Crippen molar-refractivity contribution in [1.29, 1.82) is 0 Å². The highest BCUT2D eigenvalue weighted by Gasteiger charge is 2.38. The molecule has 1 aliphatic rings. The molecule has 142 valence electrons. The first kappa shape index (κ1) is 20.3. The van der Waals surface area contributed by atoms with Gasteiger partial charge in [-0.05, 0) is 32.4 Å². The predicted molar refractivity (Wildman–Crippen MR) is 107 cm³/mol. The van der Waals surface area contributed by atoms with E-state index in [2.05, 4.69) is 17.2 Å². The molecule has 0 spiro atoms. The number of thioether (sulfide) groups is 1. The van der Waals surface area contributed by atoms with Crippen LogP contribution in [0.4, 0.5) is 5.69 Å². The number of ether oxygens (including phenoxy) is 1. The monoisotopic (exact) mass is 377 g/mol. The summed E-state index contributed by atoms with van der Waals surface area (Å²) < 4.78 is 5.74. The van der Waals surface area contributed by atoms with Gasteiger partial charge < -0.3 is 10.1 Å². The molecule has 1 aliphatic heterocycles. The van der Waals surface area contributed by atoms with Crippen LogP contribution >= 0.6 is 11.8 Å². The summed E-state index contributed by atoms with van der Waals surface area (Å²) in [6.07, 6.45) is 2.12. The van der Waals surface area contributed by atoms with Gasteiger partial charge in [0.05, 0.1) is 12.3 Å². The maximum Gasteiger partial charge on any atom is 0.242 e. The first-order valence-electron chi connectivity index (χ1n) is 9.14. The Labute approximate surface area is 159 Å². The summed E-state index contributed by atoms with van der Waals surface area (Å²) in [7, 11) is 0. The van der Waals surface area contributed by atoms with Crippen LogP contribution in [0.2, 0.25) is 0 Å². The quantitative estimate of drug-likeness (QED) is 0.668. The van der Waals surface area contributed by atoms with Gasteiger partial charge in [-0.25, -0.2) is 0 Å². The topological polar surface area (TPSA) is 71.0 Å². The molecule has 0 bridgehead atoms. The van der Waals surface area contributed by atoms with E-state index in [0.717, 1.165) is 12.8 Å². The van der Waals surface area contributed by atoms with Crippen molar-refractivity contribution < 1.29 is 14.3 Å². The molecule has 26 heavy (non-hydrogen) atoms. The van der Waals surface area contributed by atoms with E-state index in [0.29, 0.717) is 36.3 Å². The highest BCUT2D eigenvalue weighted by Crippen LogP contribution is 2.30. The minimum Gasteiger partial charge on any atom is -0.491 e. The minimum atomic E-state index is -0.423. The summed E-state index contributed by atoms with van der Waals surface area (Å²) in [6.45, 7) is 7.74. The predicted octanol–water partition coefficient (Wildman–Crippen LogP) is 3.53. The van der Waals surface area contributed by atoms with Crippen molar-refractivity contribution in [3.8, 4) is 5.75 Å². The summed E-state index contributed by atoms with van der Waals surface area (Å²) in [5.41, 5.74) is 0.638. The lowest BCUT2D eigenvalue weighted by Gasteiger charge is -2.14. The minimum absolute atomic E-state index is 0.0488. The first-order chi connectivity index (χ1) is 12.6. The third-order valence-corrected chi connectivity index (χ3v) is 5.13. The van der Waals surface area contributed by atoms with Crippen molar-refractivity contribution in [3.63, 3.8) is 0 Å². The Kier molecular flexibility index (Phi) is 7.97. The highest BCUT2D eigenvalue weighted by molar-refractivity contribution is 8.15. The second kappa shape index (κ2) is 10.2. The van der Waals surface area contributed by atoms with E-state index in [1.165, 1.54) is 11.8 Å². The van der Waals surface area contributed by atoms with Gasteiger partial charge in [0.15, 0.2) is 5.17 Å². The number of nitrogens with one attached hydrogen (secondary N) is 1. The fourth-order valence-electron chi connectivity index (χ4n) is 2.58. The number of nitrogens with zero attached hydrogens (tertiary/aromatic N) is 2. The zero-order chi connectivity index (χ0) is 18.9. The van der Waals surface area contributed by atoms with Crippen LogP contribution in [0.25, 0.3) is 0 Å². The molecule has 1 atom stereocenters. The Morgan fingerprint density at radius 3 is 2.77 bits per heavy atom. The third kappa shape index (κ3) is 5.24. The number of unbranched alkanes of at least 4 members (excludes halogenated alkanes) is 1. The average Bonchev–Trinajstić information content (AvgIpc) is 2.91. The van der Waals surface area contributed by atoms with Crippen molar-refractivity contribution in [3.05, 3.63) is 24.3 Å². The molecule has 6 nitrogen and oxygen atoms in total. The van der Waals surface area contributed by atoms with Crippen LogP contribution in [-0.2, 0) is 9.59 Å².